The van der Waals surface area contributed by atoms with Crippen molar-refractivity contribution in [3.8, 4) is 0 Å². The lowest BCUT2D eigenvalue weighted by atomic mass is 10.0. The summed E-state index contributed by atoms with van der Waals surface area (Å²) in [6.45, 7) is 17.4. The number of rotatable bonds is 9. The van der Waals surface area contributed by atoms with Crippen molar-refractivity contribution < 1.29 is 4.79 Å². The molecule has 0 saturated heterocycles. The molecule has 6 heteroatoms. The first kappa shape index (κ1) is 25.4. The number of hydrogen-bond donors (Lipinski definition) is 2. The number of halogens is 2. The molecule has 0 radical (unpaired) electrons. The first-order valence-corrected chi connectivity index (χ1v) is 6.77. The number of hydrogen-bond acceptors (Lipinski definition) is 3. The SMILES string of the molecule is C=CCN(CC=C)C(CNC(=O)C(C)(C)N)C(C)C.Cl.Cl. The predicted octanol–water partition coefficient (Wildman–Crippen LogP) is 2.38. The second kappa shape index (κ2) is 12.0. The van der Waals surface area contributed by atoms with E-state index < -0.39 is 5.54 Å². The average molecular weight is 340 g/mol. The van der Waals surface area contributed by atoms with Crippen molar-refractivity contribution in [2.45, 2.75) is 39.3 Å². The summed E-state index contributed by atoms with van der Waals surface area (Å²) in [5.41, 5.74) is 4.93. The fourth-order valence-corrected chi connectivity index (χ4v) is 1.89. The quantitative estimate of drug-likeness (QED) is 0.634. The van der Waals surface area contributed by atoms with Gasteiger partial charge in [0.15, 0.2) is 0 Å². The van der Waals surface area contributed by atoms with Gasteiger partial charge in [-0.25, -0.2) is 0 Å². The van der Waals surface area contributed by atoms with Gasteiger partial charge in [0.2, 0.25) is 5.91 Å². The minimum absolute atomic E-state index is 0. The monoisotopic (exact) mass is 339 g/mol. The van der Waals surface area contributed by atoms with E-state index in [4.69, 9.17) is 5.73 Å². The summed E-state index contributed by atoms with van der Waals surface area (Å²) in [7, 11) is 0. The van der Waals surface area contributed by atoms with Gasteiger partial charge in [0.1, 0.15) is 0 Å². The molecule has 1 atom stereocenters. The molecule has 0 aromatic carbocycles. The Labute approximate surface area is 142 Å². The number of carbonyl (C=O) groups excluding carboxylic acids is 1. The van der Waals surface area contributed by atoms with Gasteiger partial charge in [-0.1, -0.05) is 26.0 Å². The molecule has 0 aliphatic rings. The fourth-order valence-electron chi connectivity index (χ4n) is 1.89. The van der Waals surface area contributed by atoms with Gasteiger partial charge in [0.05, 0.1) is 5.54 Å². The van der Waals surface area contributed by atoms with Crippen molar-refractivity contribution in [1.29, 1.82) is 0 Å². The van der Waals surface area contributed by atoms with Gasteiger partial charge >= 0.3 is 0 Å². The van der Waals surface area contributed by atoms with E-state index in [0.29, 0.717) is 12.5 Å². The van der Waals surface area contributed by atoms with Crippen molar-refractivity contribution >= 4 is 30.7 Å². The molecule has 126 valence electrons. The zero-order chi connectivity index (χ0) is 15.1. The van der Waals surface area contributed by atoms with E-state index in [2.05, 4.69) is 37.2 Å². The highest BCUT2D eigenvalue weighted by atomic mass is 35.5. The number of nitrogens with two attached hydrogens (primary N) is 1. The average Bonchev–Trinajstić information content (AvgIpc) is 2.27. The summed E-state index contributed by atoms with van der Waals surface area (Å²) in [5, 5.41) is 2.93. The molecule has 0 fully saturated rings. The van der Waals surface area contributed by atoms with E-state index in [0.717, 1.165) is 13.1 Å². The van der Waals surface area contributed by atoms with E-state index >= 15 is 0 Å². The second-order valence-corrected chi connectivity index (χ2v) is 5.77. The number of nitrogens with one attached hydrogen (secondary N) is 1. The molecule has 0 aliphatic heterocycles. The highest BCUT2D eigenvalue weighted by Gasteiger charge is 2.25. The van der Waals surface area contributed by atoms with Crippen LogP contribution in [-0.4, -0.2) is 42.0 Å². The van der Waals surface area contributed by atoms with Crippen LogP contribution >= 0.6 is 24.8 Å². The van der Waals surface area contributed by atoms with Gasteiger partial charge in [-0.3, -0.25) is 9.69 Å². The third kappa shape index (κ3) is 9.91. The van der Waals surface area contributed by atoms with Crippen LogP contribution < -0.4 is 11.1 Å². The van der Waals surface area contributed by atoms with E-state index in [9.17, 15) is 4.79 Å². The number of carbonyl (C=O) groups is 1. The van der Waals surface area contributed by atoms with Crippen LogP contribution in [0.4, 0.5) is 0 Å². The summed E-state index contributed by atoms with van der Waals surface area (Å²) in [6, 6.07) is 0.238. The van der Waals surface area contributed by atoms with E-state index in [1.54, 1.807) is 13.8 Å². The molecule has 0 heterocycles. The predicted molar refractivity (Wildman–Crippen MR) is 96.4 cm³/mol. The molecular weight excluding hydrogens is 309 g/mol. The van der Waals surface area contributed by atoms with Crippen molar-refractivity contribution in [2.75, 3.05) is 19.6 Å². The number of nitrogens with zero attached hydrogens (tertiary/aromatic N) is 1. The van der Waals surface area contributed by atoms with Gasteiger partial charge in [-0.15, -0.1) is 38.0 Å². The third-order valence-electron chi connectivity index (χ3n) is 3.02. The van der Waals surface area contributed by atoms with Gasteiger partial charge < -0.3 is 11.1 Å². The molecule has 0 rings (SSSR count). The van der Waals surface area contributed by atoms with Crippen molar-refractivity contribution in [3.63, 3.8) is 0 Å². The topological polar surface area (TPSA) is 58.4 Å². The zero-order valence-electron chi connectivity index (χ0n) is 13.6. The minimum atomic E-state index is -0.844. The van der Waals surface area contributed by atoms with Crippen LogP contribution in [0.3, 0.4) is 0 Å². The summed E-state index contributed by atoms with van der Waals surface area (Å²) in [6.07, 6.45) is 3.74. The van der Waals surface area contributed by atoms with Crippen molar-refractivity contribution in [3.05, 3.63) is 25.3 Å². The first-order chi connectivity index (χ1) is 8.73. The van der Waals surface area contributed by atoms with E-state index in [1.807, 2.05) is 12.2 Å². The lowest BCUT2D eigenvalue weighted by molar-refractivity contribution is -0.125. The summed E-state index contributed by atoms with van der Waals surface area (Å²) in [5.74, 6) is 0.288. The van der Waals surface area contributed by atoms with Crippen LogP contribution in [0.25, 0.3) is 0 Å². The standard InChI is InChI=1S/C15H29N3O.2ClH/c1-7-9-18(10-8-2)13(12(3)4)11-17-14(19)15(5,6)16;;/h7-8,12-13H,1-2,9-11,16H2,3-6H3,(H,17,19);2*1H. The molecular formula is C15H31Cl2N3O. The Balaban J connectivity index is -0.00000162. The van der Waals surface area contributed by atoms with Crippen LogP contribution in [0, 0.1) is 5.92 Å². The Bertz CT molecular complexity index is 305. The second-order valence-electron chi connectivity index (χ2n) is 5.77. The van der Waals surface area contributed by atoms with Gasteiger partial charge in [-0.05, 0) is 19.8 Å². The summed E-state index contributed by atoms with van der Waals surface area (Å²) < 4.78 is 0. The lowest BCUT2D eigenvalue weighted by Crippen LogP contribution is -2.54. The molecule has 0 aliphatic carbocycles. The molecule has 0 spiro atoms. The van der Waals surface area contributed by atoms with Crippen LogP contribution in [0.2, 0.25) is 0 Å². The molecule has 4 nitrogen and oxygen atoms in total. The zero-order valence-corrected chi connectivity index (χ0v) is 15.2. The van der Waals surface area contributed by atoms with Gasteiger partial charge in [-0.2, -0.15) is 0 Å². The molecule has 3 N–H and O–H groups in total. The van der Waals surface area contributed by atoms with Gasteiger partial charge in [0.25, 0.3) is 0 Å². The van der Waals surface area contributed by atoms with Gasteiger partial charge in [0, 0.05) is 25.7 Å². The Morgan fingerprint density at radius 3 is 1.95 bits per heavy atom. The molecule has 1 amide bonds. The summed E-state index contributed by atoms with van der Waals surface area (Å²) >= 11 is 0. The van der Waals surface area contributed by atoms with Crippen LogP contribution in [0.15, 0.2) is 25.3 Å². The van der Waals surface area contributed by atoms with Crippen molar-refractivity contribution in [2.24, 2.45) is 11.7 Å². The highest BCUT2D eigenvalue weighted by molar-refractivity contribution is 5.85. The maximum atomic E-state index is 11.8. The Morgan fingerprint density at radius 2 is 1.67 bits per heavy atom. The maximum absolute atomic E-state index is 11.8. The Morgan fingerprint density at radius 1 is 1.24 bits per heavy atom. The molecule has 0 aromatic rings. The lowest BCUT2D eigenvalue weighted by Gasteiger charge is -2.33. The Kier molecular flexibility index (Phi) is 14.6. The largest absolute Gasteiger partial charge is 0.353 e. The van der Waals surface area contributed by atoms with E-state index in [1.165, 1.54) is 0 Å². The molecule has 1 unspecified atom stereocenters. The first-order valence-electron chi connectivity index (χ1n) is 6.77. The van der Waals surface area contributed by atoms with Crippen molar-refractivity contribution in [1.82, 2.24) is 10.2 Å². The van der Waals surface area contributed by atoms with Crippen LogP contribution in [-0.2, 0) is 4.79 Å². The van der Waals surface area contributed by atoms with E-state index in [-0.39, 0.29) is 36.8 Å². The number of amides is 1. The highest BCUT2D eigenvalue weighted by Crippen LogP contribution is 2.11. The minimum Gasteiger partial charge on any atom is -0.353 e. The maximum Gasteiger partial charge on any atom is 0.239 e. The third-order valence-corrected chi connectivity index (χ3v) is 3.02. The molecule has 0 saturated carbocycles. The van der Waals surface area contributed by atoms with Crippen LogP contribution in [0.5, 0.6) is 0 Å². The summed E-state index contributed by atoms with van der Waals surface area (Å²) in [4.78, 5) is 14.1. The molecule has 0 aromatic heterocycles. The Hall–Kier alpha value is -0.550. The fraction of sp³-hybridized carbons (Fsp3) is 0.667. The normalized spacial score (nSPS) is 12.1. The van der Waals surface area contributed by atoms with Crippen LogP contribution in [0.1, 0.15) is 27.7 Å². The smallest absolute Gasteiger partial charge is 0.239 e. The molecule has 21 heavy (non-hydrogen) atoms. The molecule has 0 bridgehead atoms.